The van der Waals surface area contributed by atoms with Crippen molar-refractivity contribution >= 4 is 35.6 Å². The van der Waals surface area contributed by atoms with Crippen LogP contribution in [0.1, 0.15) is 38.5 Å². The van der Waals surface area contributed by atoms with Crippen molar-refractivity contribution in [1.82, 2.24) is 10.6 Å². The second-order valence-electron chi connectivity index (χ2n) is 6.45. The van der Waals surface area contributed by atoms with Crippen molar-refractivity contribution in [3.8, 4) is 0 Å². The third kappa shape index (κ3) is 12.1. The topological polar surface area (TPSA) is 266 Å². The Labute approximate surface area is 172 Å². The molecule has 0 aliphatic heterocycles. The molecule has 3 unspecified atom stereocenters. The standard InChI is InChI=1S/C16H29N7O7/c17-8(2-1-7-21-16(19)20)13(27)22-9(3-5-11(18)24)14(28)23-10(15(29)30)4-6-12(25)26/h8-10H,1-7,17H2,(H2,18,24)(H,22,27)(H,23,28)(H,25,26)(H,29,30)(H4,19,20,21). The number of carbonyl (C=O) groups excluding carboxylic acids is 3. The van der Waals surface area contributed by atoms with E-state index in [4.69, 9.17) is 33.1 Å². The zero-order valence-corrected chi connectivity index (χ0v) is 16.4. The zero-order valence-electron chi connectivity index (χ0n) is 16.4. The molecule has 0 heterocycles. The van der Waals surface area contributed by atoms with Gasteiger partial charge in [-0.15, -0.1) is 0 Å². The van der Waals surface area contributed by atoms with Gasteiger partial charge in [-0.05, 0) is 25.7 Å². The molecule has 14 nitrogen and oxygen atoms in total. The van der Waals surface area contributed by atoms with Gasteiger partial charge in [-0.1, -0.05) is 0 Å². The molecule has 0 aromatic heterocycles. The molecular weight excluding hydrogens is 402 g/mol. The second-order valence-corrected chi connectivity index (χ2v) is 6.45. The average molecular weight is 431 g/mol. The Balaban J connectivity index is 5.01. The minimum Gasteiger partial charge on any atom is -0.481 e. The van der Waals surface area contributed by atoms with Gasteiger partial charge in [-0.25, -0.2) is 4.79 Å². The highest BCUT2D eigenvalue weighted by atomic mass is 16.4. The maximum atomic E-state index is 12.4. The van der Waals surface area contributed by atoms with Crippen LogP contribution in [0.4, 0.5) is 0 Å². The lowest BCUT2D eigenvalue weighted by molar-refractivity contribution is -0.143. The van der Waals surface area contributed by atoms with Crippen molar-refractivity contribution in [2.24, 2.45) is 27.9 Å². The Morgan fingerprint density at radius 1 is 0.833 bits per heavy atom. The van der Waals surface area contributed by atoms with Crippen LogP contribution in [0, 0.1) is 0 Å². The molecule has 0 fully saturated rings. The minimum absolute atomic E-state index is 0.105. The van der Waals surface area contributed by atoms with E-state index >= 15 is 0 Å². The number of nitrogens with one attached hydrogen (secondary N) is 2. The van der Waals surface area contributed by atoms with Crippen LogP contribution in [0.3, 0.4) is 0 Å². The molecule has 12 N–H and O–H groups in total. The molecule has 14 heteroatoms. The number of carboxylic acids is 2. The number of guanidine groups is 1. The molecule has 0 aliphatic carbocycles. The smallest absolute Gasteiger partial charge is 0.326 e. The Morgan fingerprint density at radius 2 is 1.40 bits per heavy atom. The minimum atomic E-state index is -1.49. The van der Waals surface area contributed by atoms with Gasteiger partial charge in [-0.3, -0.25) is 24.2 Å². The summed E-state index contributed by atoms with van der Waals surface area (Å²) in [6.45, 7) is 0.249. The van der Waals surface area contributed by atoms with Gasteiger partial charge in [0, 0.05) is 19.4 Å². The number of rotatable bonds is 15. The normalized spacial score (nSPS) is 13.4. The molecule has 0 rings (SSSR count). The molecule has 3 atom stereocenters. The number of carboxylic acid groups (broad SMARTS) is 2. The summed E-state index contributed by atoms with van der Waals surface area (Å²) in [6, 6.07) is -3.79. The Morgan fingerprint density at radius 3 is 1.90 bits per heavy atom. The fraction of sp³-hybridized carbons (Fsp3) is 0.625. The first-order valence-corrected chi connectivity index (χ1v) is 9.08. The molecule has 0 radical (unpaired) electrons. The van der Waals surface area contributed by atoms with Crippen LogP contribution in [-0.2, 0) is 24.0 Å². The van der Waals surface area contributed by atoms with Gasteiger partial charge in [0.1, 0.15) is 12.1 Å². The van der Waals surface area contributed by atoms with Gasteiger partial charge in [0.2, 0.25) is 17.7 Å². The van der Waals surface area contributed by atoms with E-state index in [0.29, 0.717) is 6.42 Å². The summed E-state index contributed by atoms with van der Waals surface area (Å²) in [6.07, 6.45) is -0.721. The average Bonchev–Trinajstić information content (AvgIpc) is 2.64. The molecule has 0 spiro atoms. The number of primary amides is 1. The summed E-state index contributed by atoms with van der Waals surface area (Å²) in [7, 11) is 0. The van der Waals surface area contributed by atoms with Gasteiger partial charge in [0.15, 0.2) is 5.96 Å². The van der Waals surface area contributed by atoms with Crippen LogP contribution < -0.4 is 33.6 Å². The molecule has 170 valence electrons. The first kappa shape index (κ1) is 26.6. The predicted octanol–water partition coefficient (Wildman–Crippen LogP) is -3.45. The fourth-order valence-corrected chi connectivity index (χ4v) is 2.28. The molecule has 0 aromatic carbocycles. The van der Waals surface area contributed by atoms with E-state index in [1.54, 1.807) is 0 Å². The van der Waals surface area contributed by atoms with Crippen LogP contribution in [0.2, 0.25) is 0 Å². The highest BCUT2D eigenvalue weighted by Gasteiger charge is 2.28. The van der Waals surface area contributed by atoms with Crippen molar-refractivity contribution in [1.29, 1.82) is 0 Å². The Kier molecular flexibility index (Phi) is 12.1. The predicted molar refractivity (Wildman–Crippen MR) is 105 cm³/mol. The van der Waals surface area contributed by atoms with Crippen molar-refractivity contribution < 1.29 is 34.2 Å². The first-order chi connectivity index (χ1) is 13.9. The van der Waals surface area contributed by atoms with Gasteiger partial charge in [0.25, 0.3) is 0 Å². The van der Waals surface area contributed by atoms with Crippen LogP contribution in [0.25, 0.3) is 0 Å². The third-order valence-corrected chi connectivity index (χ3v) is 3.88. The largest absolute Gasteiger partial charge is 0.481 e. The molecule has 0 saturated carbocycles. The van der Waals surface area contributed by atoms with Crippen molar-refractivity contribution in [3.63, 3.8) is 0 Å². The second kappa shape index (κ2) is 13.7. The summed E-state index contributed by atoms with van der Waals surface area (Å²) in [5.74, 6) is -5.13. The highest BCUT2D eigenvalue weighted by Crippen LogP contribution is 2.04. The van der Waals surface area contributed by atoms with E-state index < -0.39 is 54.2 Å². The Hall–Kier alpha value is -3.42. The molecule has 0 saturated heterocycles. The van der Waals surface area contributed by atoms with Crippen LogP contribution in [0.5, 0.6) is 0 Å². The summed E-state index contributed by atoms with van der Waals surface area (Å²) in [4.78, 5) is 61.4. The molecule has 0 aliphatic rings. The number of hydrogen-bond donors (Lipinski definition) is 8. The molecule has 0 bridgehead atoms. The number of aliphatic imine (C=N–C) groups is 1. The maximum Gasteiger partial charge on any atom is 0.326 e. The van der Waals surface area contributed by atoms with Crippen LogP contribution >= 0.6 is 0 Å². The lowest BCUT2D eigenvalue weighted by Crippen LogP contribution is -2.54. The SMILES string of the molecule is NC(=O)CCC(NC(=O)C(N)CCCN=C(N)N)C(=O)NC(CCC(=O)O)C(=O)O. The molecule has 0 aromatic rings. The van der Waals surface area contributed by atoms with Gasteiger partial charge in [0.05, 0.1) is 6.04 Å². The van der Waals surface area contributed by atoms with Crippen molar-refractivity contribution in [2.45, 2.75) is 56.7 Å². The van der Waals surface area contributed by atoms with Gasteiger partial charge in [-0.2, -0.15) is 0 Å². The zero-order chi connectivity index (χ0) is 23.3. The number of hydrogen-bond acceptors (Lipinski definition) is 7. The van der Waals surface area contributed by atoms with Gasteiger partial charge >= 0.3 is 11.9 Å². The molecule has 30 heavy (non-hydrogen) atoms. The monoisotopic (exact) mass is 431 g/mol. The van der Waals surface area contributed by atoms with E-state index in [-0.39, 0.29) is 38.2 Å². The number of carbonyl (C=O) groups is 5. The van der Waals surface area contributed by atoms with Crippen LogP contribution in [-0.4, -0.2) is 70.5 Å². The van der Waals surface area contributed by atoms with E-state index in [9.17, 15) is 24.0 Å². The summed E-state index contributed by atoms with van der Waals surface area (Å²) < 4.78 is 0. The van der Waals surface area contributed by atoms with E-state index in [0.717, 1.165) is 0 Å². The maximum absolute atomic E-state index is 12.4. The highest BCUT2D eigenvalue weighted by molar-refractivity contribution is 5.92. The van der Waals surface area contributed by atoms with Gasteiger partial charge < -0.3 is 43.8 Å². The van der Waals surface area contributed by atoms with Crippen LogP contribution in [0.15, 0.2) is 4.99 Å². The van der Waals surface area contributed by atoms with Crippen molar-refractivity contribution in [2.75, 3.05) is 6.54 Å². The molecular formula is C16H29N7O7. The van der Waals surface area contributed by atoms with E-state index in [1.807, 2.05) is 0 Å². The summed E-state index contributed by atoms with van der Waals surface area (Å²) in [5.41, 5.74) is 21.2. The number of amides is 3. The van der Waals surface area contributed by atoms with E-state index in [2.05, 4.69) is 15.6 Å². The lowest BCUT2D eigenvalue weighted by atomic mass is 10.1. The van der Waals surface area contributed by atoms with Crippen molar-refractivity contribution in [3.05, 3.63) is 0 Å². The summed E-state index contributed by atoms with van der Waals surface area (Å²) >= 11 is 0. The summed E-state index contributed by atoms with van der Waals surface area (Å²) in [5, 5.41) is 22.3. The number of nitrogens with zero attached hydrogens (tertiary/aromatic N) is 1. The number of aliphatic carboxylic acids is 2. The third-order valence-electron chi connectivity index (χ3n) is 3.88. The lowest BCUT2D eigenvalue weighted by Gasteiger charge is -2.22. The molecule has 3 amide bonds. The quantitative estimate of drug-likeness (QED) is 0.0721. The number of nitrogens with two attached hydrogens (primary N) is 4. The van der Waals surface area contributed by atoms with E-state index in [1.165, 1.54) is 0 Å². The fourth-order valence-electron chi connectivity index (χ4n) is 2.28. The Bertz CT molecular complexity index is 664. The first-order valence-electron chi connectivity index (χ1n) is 9.08.